The average molecular weight is 446 g/mol. The summed E-state index contributed by atoms with van der Waals surface area (Å²) in [6.07, 6.45) is -4.67. The van der Waals surface area contributed by atoms with E-state index in [4.69, 9.17) is 0 Å². The maximum Gasteiger partial charge on any atom is 0.416 e. The molecule has 9 heteroatoms. The number of nitrogens with zero attached hydrogens (tertiary/aromatic N) is 1. The van der Waals surface area contributed by atoms with Gasteiger partial charge in [-0.05, 0) is 54.1 Å². The number of rotatable bonds is 2. The van der Waals surface area contributed by atoms with E-state index in [0.717, 1.165) is 41.3 Å². The summed E-state index contributed by atoms with van der Waals surface area (Å²) in [5, 5.41) is 2.58. The van der Waals surface area contributed by atoms with Crippen LogP contribution in [0.2, 0.25) is 0 Å². The molecule has 0 radical (unpaired) electrons. The lowest BCUT2D eigenvalue weighted by Gasteiger charge is -2.31. The third-order valence-corrected chi connectivity index (χ3v) is 5.09. The normalized spacial score (nSPS) is 16.2. The van der Waals surface area contributed by atoms with Crippen molar-refractivity contribution in [3.05, 3.63) is 101 Å². The van der Waals surface area contributed by atoms with Gasteiger partial charge in [-0.1, -0.05) is 18.2 Å². The van der Waals surface area contributed by atoms with E-state index in [-0.39, 0.29) is 16.8 Å². The number of hydrogen-bond acceptors (Lipinski definition) is 2. The minimum absolute atomic E-state index is 0.211. The summed E-state index contributed by atoms with van der Waals surface area (Å²) in [5.74, 6) is -2.66. The molecule has 4 nitrogen and oxygen atoms in total. The van der Waals surface area contributed by atoms with Gasteiger partial charge in [-0.2, -0.15) is 13.2 Å². The Kier molecular flexibility index (Phi) is 5.41. The minimum Gasteiger partial charge on any atom is -0.324 e. The molecule has 1 N–H and O–H groups in total. The van der Waals surface area contributed by atoms with Gasteiger partial charge >= 0.3 is 6.18 Å². The lowest BCUT2D eigenvalue weighted by Crippen LogP contribution is -2.39. The Morgan fingerprint density at radius 2 is 1.62 bits per heavy atom. The van der Waals surface area contributed by atoms with E-state index < -0.39 is 47.8 Å². The highest BCUT2D eigenvalue weighted by molar-refractivity contribution is 6.01. The quantitative estimate of drug-likeness (QED) is 0.553. The number of nitrogens with one attached hydrogen (secondary N) is 1. The lowest BCUT2D eigenvalue weighted by atomic mass is 9.95. The summed E-state index contributed by atoms with van der Waals surface area (Å²) >= 11 is 0. The summed E-state index contributed by atoms with van der Waals surface area (Å²) in [6, 6.07) is 11.4. The average Bonchev–Trinajstić information content (AvgIpc) is 2.89. The van der Waals surface area contributed by atoms with Crippen molar-refractivity contribution < 1.29 is 31.5 Å². The van der Waals surface area contributed by atoms with Gasteiger partial charge in [-0.3, -0.25) is 9.59 Å². The second kappa shape index (κ2) is 8.07. The number of amides is 2. The van der Waals surface area contributed by atoms with Crippen molar-refractivity contribution in [1.29, 1.82) is 0 Å². The van der Waals surface area contributed by atoms with Gasteiger partial charge in [0.15, 0.2) is 0 Å². The van der Waals surface area contributed by atoms with Gasteiger partial charge in [0.05, 0.1) is 11.6 Å². The number of fused-ring (bicyclic) bond motifs is 1. The number of anilines is 1. The first kappa shape index (κ1) is 21.5. The van der Waals surface area contributed by atoms with Crippen molar-refractivity contribution in [2.45, 2.75) is 12.2 Å². The van der Waals surface area contributed by atoms with Gasteiger partial charge in [0.1, 0.15) is 18.2 Å². The first-order chi connectivity index (χ1) is 15.1. The van der Waals surface area contributed by atoms with Crippen molar-refractivity contribution >= 4 is 17.5 Å². The van der Waals surface area contributed by atoms with Crippen molar-refractivity contribution in [3.8, 4) is 0 Å². The largest absolute Gasteiger partial charge is 0.416 e. The highest BCUT2D eigenvalue weighted by Crippen LogP contribution is 2.37. The minimum atomic E-state index is -4.67. The molecule has 0 aliphatic carbocycles. The van der Waals surface area contributed by atoms with Crippen LogP contribution in [-0.4, -0.2) is 23.3 Å². The second-order valence-electron chi connectivity index (χ2n) is 7.25. The van der Waals surface area contributed by atoms with Gasteiger partial charge in [0.2, 0.25) is 5.91 Å². The Balaban J connectivity index is 1.87. The van der Waals surface area contributed by atoms with Crippen molar-refractivity contribution in [3.63, 3.8) is 0 Å². The molecule has 1 aliphatic heterocycles. The summed E-state index contributed by atoms with van der Waals surface area (Å²) < 4.78 is 67.1. The second-order valence-corrected chi connectivity index (χ2v) is 7.25. The van der Waals surface area contributed by atoms with Crippen LogP contribution in [-0.2, 0) is 11.0 Å². The van der Waals surface area contributed by atoms with Crippen LogP contribution in [0.4, 0.5) is 27.6 Å². The SMILES string of the molecule is O=C1CN(C(=O)c2cccc(C(F)(F)F)c2)[C@H](c2ccc(F)cc2)c2cc(F)ccc2N1. The van der Waals surface area contributed by atoms with Gasteiger partial charge in [0, 0.05) is 16.8 Å². The van der Waals surface area contributed by atoms with Crippen LogP contribution in [0, 0.1) is 11.6 Å². The van der Waals surface area contributed by atoms with E-state index in [1.54, 1.807) is 0 Å². The lowest BCUT2D eigenvalue weighted by molar-refractivity contribution is -0.137. The Hall–Kier alpha value is -3.75. The molecule has 0 saturated heterocycles. The van der Waals surface area contributed by atoms with Crippen LogP contribution >= 0.6 is 0 Å². The molecule has 1 aliphatic rings. The molecule has 3 aromatic carbocycles. The predicted molar refractivity (Wildman–Crippen MR) is 106 cm³/mol. The number of benzene rings is 3. The Bertz CT molecular complexity index is 1190. The van der Waals surface area contributed by atoms with Crippen molar-refractivity contribution in [2.24, 2.45) is 0 Å². The summed E-state index contributed by atoms with van der Waals surface area (Å²) in [6.45, 7) is -0.507. The molecule has 2 amide bonds. The number of carbonyl (C=O) groups is 2. The Labute approximate surface area is 179 Å². The van der Waals surface area contributed by atoms with E-state index in [9.17, 15) is 31.5 Å². The zero-order valence-corrected chi connectivity index (χ0v) is 16.3. The molecule has 0 fully saturated rings. The van der Waals surface area contributed by atoms with Crippen molar-refractivity contribution in [2.75, 3.05) is 11.9 Å². The fourth-order valence-electron chi connectivity index (χ4n) is 3.67. The maximum absolute atomic E-state index is 14.1. The number of alkyl halides is 3. The highest BCUT2D eigenvalue weighted by atomic mass is 19.4. The molecule has 1 atom stereocenters. The third kappa shape index (κ3) is 4.18. The van der Waals surface area contributed by atoms with Crippen LogP contribution in [0.1, 0.15) is 33.1 Å². The van der Waals surface area contributed by atoms with Crippen LogP contribution < -0.4 is 5.32 Å². The smallest absolute Gasteiger partial charge is 0.324 e. The molecule has 0 saturated carbocycles. The summed E-state index contributed by atoms with van der Waals surface area (Å²) in [7, 11) is 0. The molecule has 164 valence electrons. The van der Waals surface area contributed by atoms with Crippen LogP contribution in [0.3, 0.4) is 0 Å². The third-order valence-electron chi connectivity index (χ3n) is 5.09. The molecular weight excluding hydrogens is 431 g/mol. The molecule has 0 spiro atoms. The first-order valence-electron chi connectivity index (χ1n) is 9.46. The van der Waals surface area contributed by atoms with E-state index in [1.807, 2.05) is 0 Å². The predicted octanol–water partition coefficient (Wildman–Crippen LogP) is 5.17. The van der Waals surface area contributed by atoms with E-state index in [2.05, 4.69) is 5.32 Å². The summed E-state index contributed by atoms with van der Waals surface area (Å²) in [5.41, 5.74) is -0.505. The van der Waals surface area contributed by atoms with E-state index >= 15 is 0 Å². The maximum atomic E-state index is 14.1. The number of hydrogen-bond donors (Lipinski definition) is 1. The first-order valence-corrected chi connectivity index (χ1v) is 9.46. The van der Waals surface area contributed by atoms with Gasteiger partial charge in [-0.15, -0.1) is 0 Å². The van der Waals surface area contributed by atoms with Gasteiger partial charge < -0.3 is 10.2 Å². The molecule has 1 heterocycles. The fourth-order valence-corrected chi connectivity index (χ4v) is 3.67. The van der Waals surface area contributed by atoms with Crippen LogP contribution in [0.15, 0.2) is 66.7 Å². The molecule has 0 aromatic heterocycles. The molecular formula is C23H15F5N2O2. The van der Waals surface area contributed by atoms with Gasteiger partial charge in [0.25, 0.3) is 5.91 Å². The molecule has 4 rings (SSSR count). The van der Waals surface area contributed by atoms with Crippen molar-refractivity contribution in [1.82, 2.24) is 4.90 Å². The van der Waals surface area contributed by atoms with Crippen LogP contribution in [0.5, 0.6) is 0 Å². The monoisotopic (exact) mass is 446 g/mol. The molecule has 3 aromatic rings. The standard InChI is InChI=1S/C23H15F5N2O2/c24-16-6-4-13(5-7-16)21-18-11-17(25)8-9-19(18)29-20(31)12-30(21)22(32)14-2-1-3-15(10-14)23(26,27)28/h1-11,21H,12H2,(H,29,31)/t21-/m1/s1. The molecule has 0 unspecified atom stereocenters. The van der Waals surface area contributed by atoms with E-state index in [1.165, 1.54) is 24.3 Å². The zero-order valence-electron chi connectivity index (χ0n) is 16.3. The highest BCUT2D eigenvalue weighted by Gasteiger charge is 2.36. The van der Waals surface area contributed by atoms with E-state index in [0.29, 0.717) is 11.6 Å². The topological polar surface area (TPSA) is 49.4 Å². The van der Waals surface area contributed by atoms with Crippen LogP contribution in [0.25, 0.3) is 0 Å². The van der Waals surface area contributed by atoms with Gasteiger partial charge in [-0.25, -0.2) is 8.78 Å². The summed E-state index contributed by atoms with van der Waals surface area (Å²) in [4.78, 5) is 26.9. The molecule has 0 bridgehead atoms. The molecule has 32 heavy (non-hydrogen) atoms. The number of carbonyl (C=O) groups excluding carboxylic acids is 2. The fraction of sp³-hybridized carbons (Fsp3) is 0.130. The zero-order chi connectivity index (χ0) is 23.0. The number of halogens is 5. The Morgan fingerprint density at radius 3 is 2.31 bits per heavy atom. The Morgan fingerprint density at radius 1 is 0.938 bits per heavy atom.